The van der Waals surface area contributed by atoms with Crippen molar-refractivity contribution in [1.82, 2.24) is 30.3 Å². The monoisotopic (exact) mass is 359 g/mol. The number of nitrogens with one attached hydrogen (secondary N) is 2. The molecule has 0 radical (unpaired) electrons. The molecule has 0 amide bonds. The van der Waals surface area contributed by atoms with Crippen LogP contribution in [-0.2, 0) is 13.0 Å². The highest BCUT2D eigenvalue weighted by atomic mass is 16.3. The molecule has 0 bridgehead atoms. The molecule has 26 heavy (non-hydrogen) atoms. The SMILES string of the molecule is CCc1nncn1CCNC(=NC)NCC(c1ccco1)N1CCCC1. The Kier molecular flexibility index (Phi) is 6.65. The molecule has 8 heteroatoms. The molecule has 0 aromatic carbocycles. The fraction of sp³-hybridized carbons (Fsp3) is 0.611. The standard InChI is InChI=1S/C18H29N7O/c1-3-17-23-22-14-25(17)11-8-20-18(19-2)21-13-15(16-7-6-12-26-16)24-9-4-5-10-24/h6-7,12,14-15H,3-5,8-11,13H2,1-2H3,(H2,19,20,21). The number of guanidine groups is 1. The van der Waals surface area contributed by atoms with Gasteiger partial charge in [-0.15, -0.1) is 10.2 Å². The van der Waals surface area contributed by atoms with Crippen LogP contribution in [0, 0.1) is 0 Å². The molecule has 2 aromatic rings. The largest absolute Gasteiger partial charge is 0.468 e. The van der Waals surface area contributed by atoms with Crippen LogP contribution in [0.4, 0.5) is 0 Å². The summed E-state index contributed by atoms with van der Waals surface area (Å²) in [7, 11) is 1.79. The third-order valence-electron chi connectivity index (χ3n) is 4.80. The van der Waals surface area contributed by atoms with Crippen LogP contribution in [0.15, 0.2) is 34.1 Å². The summed E-state index contributed by atoms with van der Waals surface area (Å²) in [5, 5.41) is 14.9. The molecule has 8 nitrogen and oxygen atoms in total. The van der Waals surface area contributed by atoms with Crippen molar-refractivity contribution in [2.24, 2.45) is 4.99 Å². The van der Waals surface area contributed by atoms with E-state index in [9.17, 15) is 0 Å². The van der Waals surface area contributed by atoms with Gasteiger partial charge in [-0.05, 0) is 38.1 Å². The summed E-state index contributed by atoms with van der Waals surface area (Å²) < 4.78 is 7.74. The molecule has 1 saturated heterocycles. The normalized spacial score (nSPS) is 16.8. The predicted molar refractivity (Wildman–Crippen MR) is 101 cm³/mol. The summed E-state index contributed by atoms with van der Waals surface area (Å²) in [6.45, 7) is 6.66. The maximum Gasteiger partial charge on any atom is 0.191 e. The number of hydrogen-bond acceptors (Lipinski definition) is 5. The highest BCUT2D eigenvalue weighted by Gasteiger charge is 2.25. The molecule has 1 aliphatic heterocycles. The summed E-state index contributed by atoms with van der Waals surface area (Å²) in [5.74, 6) is 2.81. The van der Waals surface area contributed by atoms with E-state index < -0.39 is 0 Å². The predicted octanol–water partition coefficient (Wildman–Crippen LogP) is 1.44. The average molecular weight is 359 g/mol. The Bertz CT molecular complexity index is 674. The van der Waals surface area contributed by atoms with Crippen LogP contribution < -0.4 is 10.6 Å². The second-order valence-electron chi connectivity index (χ2n) is 6.45. The van der Waals surface area contributed by atoms with Gasteiger partial charge in [0.15, 0.2) is 5.96 Å². The molecule has 1 fully saturated rings. The lowest BCUT2D eigenvalue weighted by Gasteiger charge is -2.26. The van der Waals surface area contributed by atoms with E-state index in [4.69, 9.17) is 4.42 Å². The number of aryl methyl sites for hydroxylation is 1. The summed E-state index contributed by atoms with van der Waals surface area (Å²) in [6.07, 6.45) is 6.91. The van der Waals surface area contributed by atoms with Gasteiger partial charge in [0, 0.05) is 33.1 Å². The molecule has 0 saturated carbocycles. The van der Waals surface area contributed by atoms with E-state index >= 15 is 0 Å². The van der Waals surface area contributed by atoms with Crippen molar-refractivity contribution < 1.29 is 4.42 Å². The van der Waals surface area contributed by atoms with Crippen LogP contribution in [0.1, 0.15) is 37.4 Å². The first-order valence-electron chi connectivity index (χ1n) is 9.40. The van der Waals surface area contributed by atoms with E-state index in [2.05, 4.69) is 48.3 Å². The molecular weight excluding hydrogens is 330 g/mol. The van der Waals surface area contributed by atoms with Crippen LogP contribution in [0.5, 0.6) is 0 Å². The van der Waals surface area contributed by atoms with E-state index in [0.29, 0.717) is 0 Å². The van der Waals surface area contributed by atoms with Crippen LogP contribution >= 0.6 is 0 Å². The first-order valence-corrected chi connectivity index (χ1v) is 9.40. The van der Waals surface area contributed by atoms with Gasteiger partial charge >= 0.3 is 0 Å². The third kappa shape index (κ3) is 4.63. The molecule has 3 heterocycles. The van der Waals surface area contributed by atoms with E-state index in [-0.39, 0.29) is 6.04 Å². The van der Waals surface area contributed by atoms with E-state index in [1.165, 1.54) is 12.8 Å². The maximum absolute atomic E-state index is 5.67. The smallest absolute Gasteiger partial charge is 0.191 e. The van der Waals surface area contributed by atoms with Crippen molar-refractivity contribution >= 4 is 5.96 Å². The van der Waals surface area contributed by atoms with Crippen molar-refractivity contribution in [3.8, 4) is 0 Å². The Morgan fingerprint density at radius 3 is 2.88 bits per heavy atom. The zero-order valence-electron chi connectivity index (χ0n) is 15.7. The molecule has 0 spiro atoms. The minimum absolute atomic E-state index is 0.232. The van der Waals surface area contributed by atoms with Gasteiger partial charge in [-0.25, -0.2) is 0 Å². The van der Waals surface area contributed by atoms with E-state index in [1.807, 2.05) is 6.07 Å². The molecule has 2 N–H and O–H groups in total. The summed E-state index contributed by atoms with van der Waals surface area (Å²) in [5.41, 5.74) is 0. The zero-order valence-corrected chi connectivity index (χ0v) is 15.7. The number of aliphatic imine (C=N–C) groups is 1. The molecule has 3 rings (SSSR count). The molecule has 2 aromatic heterocycles. The molecule has 1 atom stereocenters. The van der Waals surface area contributed by atoms with Gasteiger partial charge in [-0.1, -0.05) is 6.92 Å². The number of furan rings is 1. The van der Waals surface area contributed by atoms with Crippen molar-refractivity contribution in [1.29, 1.82) is 0 Å². The van der Waals surface area contributed by atoms with Crippen molar-refractivity contribution in [3.05, 3.63) is 36.3 Å². The Morgan fingerprint density at radius 2 is 2.19 bits per heavy atom. The highest BCUT2D eigenvalue weighted by molar-refractivity contribution is 5.79. The van der Waals surface area contributed by atoms with Gasteiger partial charge in [0.2, 0.25) is 0 Å². The fourth-order valence-electron chi connectivity index (χ4n) is 3.39. The van der Waals surface area contributed by atoms with Crippen LogP contribution in [0.2, 0.25) is 0 Å². The lowest BCUT2D eigenvalue weighted by atomic mass is 10.2. The lowest BCUT2D eigenvalue weighted by molar-refractivity contribution is 0.215. The van der Waals surface area contributed by atoms with Gasteiger partial charge in [0.1, 0.15) is 17.9 Å². The minimum atomic E-state index is 0.232. The number of aromatic nitrogens is 3. The minimum Gasteiger partial charge on any atom is -0.468 e. The number of rotatable bonds is 8. The Labute approximate surface area is 154 Å². The van der Waals surface area contributed by atoms with Gasteiger partial charge in [0.25, 0.3) is 0 Å². The third-order valence-corrected chi connectivity index (χ3v) is 4.80. The van der Waals surface area contributed by atoms with Crippen molar-refractivity contribution in [3.63, 3.8) is 0 Å². The van der Waals surface area contributed by atoms with Crippen molar-refractivity contribution in [2.45, 2.75) is 38.8 Å². The van der Waals surface area contributed by atoms with E-state index in [1.54, 1.807) is 19.6 Å². The maximum atomic E-state index is 5.67. The van der Waals surface area contributed by atoms with Crippen LogP contribution in [0.25, 0.3) is 0 Å². The average Bonchev–Trinajstić information content (AvgIpc) is 3.42. The quantitative estimate of drug-likeness (QED) is 0.548. The van der Waals surface area contributed by atoms with Crippen LogP contribution in [0.3, 0.4) is 0 Å². The van der Waals surface area contributed by atoms with Gasteiger partial charge < -0.3 is 19.6 Å². The Balaban J connectivity index is 1.50. The second-order valence-corrected chi connectivity index (χ2v) is 6.45. The Morgan fingerprint density at radius 1 is 1.35 bits per heavy atom. The number of nitrogens with zero attached hydrogens (tertiary/aromatic N) is 5. The van der Waals surface area contributed by atoms with Crippen LogP contribution in [-0.4, -0.2) is 58.9 Å². The van der Waals surface area contributed by atoms with Gasteiger partial charge in [-0.2, -0.15) is 0 Å². The second kappa shape index (κ2) is 9.38. The molecule has 0 aliphatic carbocycles. The number of likely N-dealkylation sites (tertiary alicyclic amines) is 1. The van der Waals surface area contributed by atoms with Gasteiger partial charge in [-0.3, -0.25) is 9.89 Å². The summed E-state index contributed by atoms with van der Waals surface area (Å²) >= 11 is 0. The molecular formula is C18H29N7O. The van der Waals surface area contributed by atoms with E-state index in [0.717, 1.165) is 56.7 Å². The molecule has 1 unspecified atom stereocenters. The van der Waals surface area contributed by atoms with Crippen molar-refractivity contribution in [2.75, 3.05) is 33.2 Å². The number of hydrogen-bond donors (Lipinski definition) is 2. The van der Waals surface area contributed by atoms with Gasteiger partial charge in [0.05, 0.1) is 12.3 Å². The summed E-state index contributed by atoms with van der Waals surface area (Å²) in [6, 6.07) is 4.24. The topological polar surface area (TPSA) is 83.5 Å². The molecule has 142 valence electrons. The Hall–Kier alpha value is -2.35. The first kappa shape index (κ1) is 18.4. The fourth-order valence-corrected chi connectivity index (χ4v) is 3.39. The summed E-state index contributed by atoms with van der Waals surface area (Å²) in [4.78, 5) is 6.81. The first-order chi connectivity index (χ1) is 12.8. The highest BCUT2D eigenvalue weighted by Crippen LogP contribution is 2.24. The molecule has 1 aliphatic rings. The zero-order chi connectivity index (χ0) is 18.2. The lowest BCUT2D eigenvalue weighted by Crippen LogP contribution is -2.43.